The van der Waals surface area contributed by atoms with Crippen molar-refractivity contribution in [3.8, 4) is 11.4 Å². The molecule has 0 N–H and O–H groups in total. The molecule has 7 heteroatoms. The van der Waals surface area contributed by atoms with E-state index in [4.69, 9.17) is 0 Å². The maximum absolute atomic E-state index is 10.9. The summed E-state index contributed by atoms with van der Waals surface area (Å²) in [6.45, 7) is 1.71. The van der Waals surface area contributed by atoms with Crippen molar-refractivity contribution in [2.45, 2.75) is 12.3 Å². The van der Waals surface area contributed by atoms with Crippen LogP contribution in [0.1, 0.15) is 11.4 Å². The number of nitro benzene ring substituents is 1. The van der Waals surface area contributed by atoms with Gasteiger partial charge < -0.3 is 4.57 Å². The van der Waals surface area contributed by atoms with Gasteiger partial charge in [0.1, 0.15) is 5.82 Å². The Labute approximate surface area is 112 Å². The van der Waals surface area contributed by atoms with Crippen LogP contribution in [-0.4, -0.2) is 19.7 Å². The Hall–Kier alpha value is -1.76. The molecular formula is C11H11BrN4O2. The fourth-order valence-electron chi connectivity index (χ4n) is 1.67. The van der Waals surface area contributed by atoms with Gasteiger partial charge >= 0.3 is 0 Å². The topological polar surface area (TPSA) is 73.8 Å². The zero-order chi connectivity index (χ0) is 13.3. The summed E-state index contributed by atoms with van der Waals surface area (Å²) >= 11 is 3.31. The number of rotatable bonds is 3. The van der Waals surface area contributed by atoms with E-state index in [9.17, 15) is 10.1 Å². The molecule has 0 amide bonds. The second-order valence-corrected chi connectivity index (χ2v) is 4.45. The number of halogens is 1. The maximum Gasteiger partial charge on any atom is 0.273 e. The first-order valence-electron chi connectivity index (χ1n) is 5.24. The van der Waals surface area contributed by atoms with Gasteiger partial charge in [-0.15, -0.1) is 10.2 Å². The predicted octanol–water partition coefficient (Wildman–Crippen LogP) is 2.59. The fourth-order valence-corrected chi connectivity index (χ4v) is 2.16. The van der Waals surface area contributed by atoms with Crippen LogP contribution in [0, 0.1) is 17.0 Å². The van der Waals surface area contributed by atoms with Crippen LogP contribution in [0.4, 0.5) is 5.69 Å². The summed E-state index contributed by atoms with van der Waals surface area (Å²) in [5.74, 6) is 1.39. The highest BCUT2D eigenvalue weighted by Crippen LogP contribution is 2.25. The minimum absolute atomic E-state index is 0.0934. The molecule has 18 heavy (non-hydrogen) atoms. The first-order chi connectivity index (χ1) is 8.54. The van der Waals surface area contributed by atoms with Gasteiger partial charge in [0, 0.05) is 24.2 Å². The molecule has 0 saturated carbocycles. The van der Waals surface area contributed by atoms with E-state index in [0.29, 0.717) is 22.3 Å². The smallest absolute Gasteiger partial charge is 0.273 e. The molecule has 0 aliphatic carbocycles. The minimum Gasteiger partial charge on any atom is -0.313 e. The predicted molar refractivity (Wildman–Crippen MR) is 70.5 cm³/mol. The number of hydrogen-bond donors (Lipinski definition) is 0. The van der Waals surface area contributed by atoms with Gasteiger partial charge in [-0.25, -0.2) is 0 Å². The first kappa shape index (κ1) is 12.7. The number of alkyl halides is 1. The molecule has 1 aromatic heterocycles. The van der Waals surface area contributed by atoms with E-state index in [-0.39, 0.29) is 10.6 Å². The van der Waals surface area contributed by atoms with Crippen molar-refractivity contribution >= 4 is 21.6 Å². The summed E-state index contributed by atoms with van der Waals surface area (Å²) in [5.41, 5.74) is 1.41. The quantitative estimate of drug-likeness (QED) is 0.496. The highest BCUT2D eigenvalue weighted by atomic mass is 79.9. The van der Waals surface area contributed by atoms with Crippen molar-refractivity contribution in [3.63, 3.8) is 0 Å². The molecule has 0 saturated heterocycles. The Morgan fingerprint density at radius 3 is 2.72 bits per heavy atom. The number of nitrogens with zero attached hydrogens (tertiary/aromatic N) is 4. The van der Waals surface area contributed by atoms with Gasteiger partial charge in [0.25, 0.3) is 5.69 Å². The lowest BCUT2D eigenvalue weighted by Gasteiger charge is -2.03. The Bertz CT molecular complexity index is 609. The zero-order valence-electron chi connectivity index (χ0n) is 9.92. The van der Waals surface area contributed by atoms with Crippen molar-refractivity contribution < 1.29 is 4.92 Å². The van der Waals surface area contributed by atoms with E-state index in [1.54, 1.807) is 13.0 Å². The molecule has 0 bridgehead atoms. The molecule has 2 aromatic rings. The van der Waals surface area contributed by atoms with Crippen molar-refractivity contribution in [1.29, 1.82) is 0 Å². The van der Waals surface area contributed by atoms with Crippen LogP contribution in [0.25, 0.3) is 11.4 Å². The van der Waals surface area contributed by atoms with Crippen molar-refractivity contribution in [3.05, 3.63) is 39.7 Å². The Morgan fingerprint density at radius 1 is 1.44 bits per heavy atom. The third kappa shape index (κ3) is 2.13. The van der Waals surface area contributed by atoms with E-state index in [0.717, 1.165) is 5.82 Å². The van der Waals surface area contributed by atoms with Crippen LogP contribution < -0.4 is 0 Å². The molecule has 1 heterocycles. The zero-order valence-corrected chi connectivity index (χ0v) is 11.5. The van der Waals surface area contributed by atoms with Gasteiger partial charge in [0.05, 0.1) is 10.3 Å². The van der Waals surface area contributed by atoms with Crippen molar-refractivity contribution in [1.82, 2.24) is 14.8 Å². The van der Waals surface area contributed by atoms with E-state index in [1.807, 2.05) is 17.7 Å². The number of aryl methyl sites for hydroxylation is 1. The molecule has 0 aliphatic rings. The highest BCUT2D eigenvalue weighted by molar-refractivity contribution is 9.08. The van der Waals surface area contributed by atoms with Gasteiger partial charge in [-0.3, -0.25) is 10.1 Å². The molecule has 0 fully saturated rings. The molecule has 0 radical (unpaired) electrons. The summed E-state index contributed by atoms with van der Waals surface area (Å²) in [6.07, 6.45) is 0. The molecule has 1 aromatic carbocycles. The van der Waals surface area contributed by atoms with Gasteiger partial charge in [-0.05, 0) is 6.92 Å². The van der Waals surface area contributed by atoms with Crippen LogP contribution in [0.2, 0.25) is 0 Å². The summed E-state index contributed by atoms with van der Waals surface area (Å²) < 4.78 is 1.81. The number of hydrogen-bond acceptors (Lipinski definition) is 4. The van der Waals surface area contributed by atoms with E-state index < -0.39 is 0 Å². The normalized spacial score (nSPS) is 10.6. The SMILES string of the molecule is Cc1ccc(-c2nnc(CBr)n2C)cc1[N+](=O)[O-]. The summed E-state index contributed by atoms with van der Waals surface area (Å²) in [5, 5.41) is 19.5. The number of nitro groups is 1. The lowest BCUT2D eigenvalue weighted by Crippen LogP contribution is -1.98. The molecule has 0 aliphatic heterocycles. The summed E-state index contributed by atoms with van der Waals surface area (Å²) in [6, 6.07) is 5.05. The largest absolute Gasteiger partial charge is 0.313 e. The molecule has 94 valence electrons. The van der Waals surface area contributed by atoms with Crippen LogP contribution in [0.3, 0.4) is 0 Å². The summed E-state index contributed by atoms with van der Waals surface area (Å²) in [7, 11) is 1.83. The minimum atomic E-state index is -0.388. The van der Waals surface area contributed by atoms with Crippen molar-refractivity contribution in [2.24, 2.45) is 7.05 Å². The average Bonchev–Trinajstić information content (AvgIpc) is 2.71. The molecule has 0 spiro atoms. The second-order valence-electron chi connectivity index (χ2n) is 3.89. The third-order valence-electron chi connectivity index (χ3n) is 2.75. The average molecular weight is 311 g/mol. The van der Waals surface area contributed by atoms with Crippen LogP contribution in [0.15, 0.2) is 18.2 Å². The van der Waals surface area contributed by atoms with Gasteiger partial charge in [-0.2, -0.15) is 0 Å². The van der Waals surface area contributed by atoms with Crippen LogP contribution in [-0.2, 0) is 12.4 Å². The Kier molecular flexibility index (Phi) is 3.42. The number of benzene rings is 1. The third-order valence-corrected chi connectivity index (χ3v) is 3.25. The summed E-state index contributed by atoms with van der Waals surface area (Å²) in [4.78, 5) is 10.5. The van der Waals surface area contributed by atoms with Crippen molar-refractivity contribution in [2.75, 3.05) is 0 Å². The van der Waals surface area contributed by atoms with Crippen LogP contribution >= 0.6 is 15.9 Å². The van der Waals surface area contributed by atoms with Gasteiger partial charge in [-0.1, -0.05) is 28.1 Å². The molecule has 0 atom stereocenters. The molecule has 0 unspecified atom stereocenters. The van der Waals surface area contributed by atoms with E-state index >= 15 is 0 Å². The fraction of sp³-hybridized carbons (Fsp3) is 0.273. The molecule has 6 nitrogen and oxygen atoms in total. The van der Waals surface area contributed by atoms with Crippen LogP contribution in [0.5, 0.6) is 0 Å². The second kappa shape index (κ2) is 4.85. The Balaban J connectivity index is 2.54. The Morgan fingerprint density at radius 2 is 2.17 bits per heavy atom. The molecule has 2 rings (SSSR count). The monoisotopic (exact) mass is 310 g/mol. The lowest BCUT2D eigenvalue weighted by atomic mass is 10.1. The molecular weight excluding hydrogens is 300 g/mol. The lowest BCUT2D eigenvalue weighted by molar-refractivity contribution is -0.385. The first-order valence-corrected chi connectivity index (χ1v) is 6.36. The standard InChI is InChI=1S/C11H11BrN4O2/c1-7-3-4-8(5-9(7)16(17)18)11-14-13-10(6-12)15(11)2/h3-5H,6H2,1-2H3. The van der Waals surface area contributed by atoms with E-state index in [2.05, 4.69) is 26.1 Å². The van der Waals surface area contributed by atoms with E-state index in [1.165, 1.54) is 6.07 Å². The van der Waals surface area contributed by atoms with Gasteiger partial charge in [0.15, 0.2) is 5.82 Å². The maximum atomic E-state index is 10.9. The van der Waals surface area contributed by atoms with Gasteiger partial charge in [0.2, 0.25) is 0 Å². The number of aromatic nitrogens is 3. The highest BCUT2D eigenvalue weighted by Gasteiger charge is 2.15.